The molecule has 8 heteroatoms. The van der Waals surface area contributed by atoms with Gasteiger partial charge in [-0.05, 0) is 83.9 Å². The normalized spacial score (nSPS) is 11.2. The van der Waals surface area contributed by atoms with Crippen molar-refractivity contribution in [3.8, 4) is 57.6 Å². The van der Waals surface area contributed by atoms with Crippen LogP contribution in [0.4, 0.5) is 0 Å². The number of hydrogen-bond donors (Lipinski definition) is 0. The molecule has 0 aliphatic carbocycles. The van der Waals surface area contributed by atoms with Crippen LogP contribution in [0.25, 0.3) is 66.1 Å². The predicted molar refractivity (Wildman–Crippen MR) is 196 cm³/mol. The van der Waals surface area contributed by atoms with Crippen molar-refractivity contribution in [3.05, 3.63) is 120 Å². The Morgan fingerprint density at radius 3 is 0.960 bits per heavy atom. The Labute approximate surface area is 288 Å². The fraction of sp³-hybridized carbons (Fsp3) is 0.0952. The Morgan fingerprint density at radius 1 is 0.400 bits per heavy atom. The molecule has 6 aromatic carbocycles. The van der Waals surface area contributed by atoms with Crippen LogP contribution in [0.5, 0.6) is 23.0 Å². The van der Waals surface area contributed by atoms with Crippen LogP contribution in [-0.4, -0.2) is 37.6 Å². The highest BCUT2D eigenvalue weighted by Gasteiger charge is 2.20. The number of benzene rings is 6. The zero-order valence-electron chi connectivity index (χ0n) is 27.8. The van der Waals surface area contributed by atoms with E-state index >= 15 is 0 Å². The molecule has 0 N–H and O–H groups in total. The van der Waals surface area contributed by atoms with E-state index in [9.17, 15) is 10.5 Å². The molecule has 0 fully saturated rings. The van der Waals surface area contributed by atoms with Crippen molar-refractivity contribution in [2.24, 2.45) is 0 Å². The summed E-state index contributed by atoms with van der Waals surface area (Å²) >= 11 is 0. The van der Waals surface area contributed by atoms with Crippen LogP contribution in [0.2, 0.25) is 0 Å². The Balaban J connectivity index is 1.40. The lowest BCUT2D eigenvalue weighted by Crippen LogP contribution is -2.00. The fourth-order valence-corrected chi connectivity index (χ4v) is 6.96. The van der Waals surface area contributed by atoms with E-state index in [0.29, 0.717) is 45.5 Å². The van der Waals surface area contributed by atoms with Crippen molar-refractivity contribution in [1.29, 1.82) is 10.5 Å². The lowest BCUT2D eigenvalue weighted by Gasteiger charge is -2.15. The molecule has 0 saturated heterocycles. The zero-order chi connectivity index (χ0) is 34.5. The molecule has 8 aromatic rings. The van der Waals surface area contributed by atoms with Crippen molar-refractivity contribution in [2.75, 3.05) is 28.4 Å². The summed E-state index contributed by atoms with van der Waals surface area (Å²) in [6, 6.07) is 40.3. The van der Waals surface area contributed by atoms with E-state index in [4.69, 9.17) is 18.9 Å². The van der Waals surface area contributed by atoms with E-state index in [0.717, 1.165) is 54.7 Å². The van der Waals surface area contributed by atoms with Crippen molar-refractivity contribution in [2.45, 2.75) is 0 Å². The molecule has 0 radical (unpaired) electrons. The third-order valence-corrected chi connectivity index (χ3v) is 9.42. The topological polar surface area (TPSA) is 94.4 Å². The number of nitriles is 2. The van der Waals surface area contributed by atoms with Gasteiger partial charge in [0.05, 0.1) is 73.0 Å². The van der Waals surface area contributed by atoms with Crippen LogP contribution in [0.3, 0.4) is 0 Å². The Kier molecular flexibility index (Phi) is 7.28. The standard InChI is InChI=1S/C42H30N4O4/c1-47-29-9-13-33-34-14-10-30(48-2)20-40(34)45(39(33)19-29)37-17-25(5-7-27(37)23-43)26-6-8-28(24-44)38(18-26)46-41-21-31(49-3)11-15-35(41)36-16-12-32(50-4)22-42(36)46/h5-22H,1-4H3. The van der Waals surface area contributed by atoms with E-state index in [1.165, 1.54) is 0 Å². The molecule has 2 aromatic heterocycles. The second-order valence-electron chi connectivity index (χ2n) is 11.9. The van der Waals surface area contributed by atoms with Gasteiger partial charge in [0.1, 0.15) is 35.1 Å². The molecule has 0 amide bonds. The first-order chi connectivity index (χ1) is 24.5. The van der Waals surface area contributed by atoms with Crippen LogP contribution < -0.4 is 18.9 Å². The summed E-state index contributed by atoms with van der Waals surface area (Å²) in [5, 5.41) is 24.8. The van der Waals surface area contributed by atoms with Crippen LogP contribution in [0.15, 0.2) is 109 Å². The minimum atomic E-state index is 0.508. The molecule has 0 aliphatic rings. The number of nitrogens with zero attached hydrogens (tertiary/aromatic N) is 4. The van der Waals surface area contributed by atoms with Crippen molar-refractivity contribution < 1.29 is 18.9 Å². The highest BCUT2D eigenvalue weighted by atomic mass is 16.5. The van der Waals surface area contributed by atoms with E-state index in [1.807, 2.05) is 109 Å². The van der Waals surface area contributed by atoms with Gasteiger partial charge in [-0.3, -0.25) is 0 Å². The largest absolute Gasteiger partial charge is 0.497 e. The maximum absolute atomic E-state index is 10.4. The SMILES string of the molecule is COc1ccc2c3ccc(OC)cc3n(-c3cc(-c4ccc(C#N)c(-n5c6cc(OC)ccc6c6ccc(OC)cc65)c4)ccc3C#N)c2c1. The molecule has 0 spiro atoms. The predicted octanol–water partition coefficient (Wildman–Crippen LogP) is 9.33. The highest BCUT2D eigenvalue weighted by molar-refractivity contribution is 6.11. The molecule has 0 aliphatic heterocycles. The zero-order valence-corrected chi connectivity index (χ0v) is 27.8. The highest BCUT2D eigenvalue weighted by Crippen LogP contribution is 2.40. The minimum absolute atomic E-state index is 0.508. The average molecular weight is 655 g/mol. The molecule has 8 nitrogen and oxygen atoms in total. The summed E-state index contributed by atoms with van der Waals surface area (Å²) in [7, 11) is 6.57. The average Bonchev–Trinajstić information content (AvgIpc) is 3.67. The first-order valence-electron chi connectivity index (χ1n) is 15.9. The summed E-state index contributed by atoms with van der Waals surface area (Å²) in [6.45, 7) is 0. The summed E-state index contributed by atoms with van der Waals surface area (Å²) in [6.07, 6.45) is 0. The third kappa shape index (κ3) is 4.66. The van der Waals surface area contributed by atoms with Crippen LogP contribution in [0, 0.1) is 22.7 Å². The van der Waals surface area contributed by atoms with Gasteiger partial charge in [0.15, 0.2) is 0 Å². The molecule has 2 heterocycles. The maximum atomic E-state index is 10.4. The van der Waals surface area contributed by atoms with Gasteiger partial charge in [0.25, 0.3) is 0 Å². The summed E-state index contributed by atoms with van der Waals surface area (Å²) in [5.74, 6) is 2.83. The number of rotatable bonds is 7. The minimum Gasteiger partial charge on any atom is -0.497 e. The summed E-state index contributed by atoms with van der Waals surface area (Å²) in [4.78, 5) is 0. The first kappa shape index (κ1) is 30.4. The van der Waals surface area contributed by atoms with E-state index in [-0.39, 0.29) is 0 Å². The second-order valence-corrected chi connectivity index (χ2v) is 11.9. The lowest BCUT2D eigenvalue weighted by molar-refractivity contribution is 0.415. The van der Waals surface area contributed by atoms with Gasteiger partial charge in [-0.2, -0.15) is 10.5 Å². The monoisotopic (exact) mass is 654 g/mol. The molecule has 0 unspecified atom stereocenters. The van der Waals surface area contributed by atoms with Gasteiger partial charge in [0.2, 0.25) is 0 Å². The molecular weight excluding hydrogens is 624 g/mol. The number of hydrogen-bond acceptors (Lipinski definition) is 6. The van der Waals surface area contributed by atoms with Gasteiger partial charge in [-0.25, -0.2) is 0 Å². The molecule has 50 heavy (non-hydrogen) atoms. The third-order valence-electron chi connectivity index (χ3n) is 9.42. The molecule has 0 bridgehead atoms. The first-order valence-corrected chi connectivity index (χ1v) is 15.9. The maximum Gasteiger partial charge on any atom is 0.120 e. The molecule has 242 valence electrons. The van der Waals surface area contributed by atoms with Gasteiger partial charge in [0, 0.05) is 45.8 Å². The van der Waals surface area contributed by atoms with Crippen molar-refractivity contribution in [3.63, 3.8) is 0 Å². The van der Waals surface area contributed by atoms with E-state index in [1.54, 1.807) is 28.4 Å². The van der Waals surface area contributed by atoms with E-state index in [2.05, 4.69) is 21.3 Å². The van der Waals surface area contributed by atoms with Gasteiger partial charge < -0.3 is 28.1 Å². The van der Waals surface area contributed by atoms with Crippen molar-refractivity contribution >= 4 is 43.6 Å². The Morgan fingerprint density at radius 2 is 0.700 bits per heavy atom. The quantitative estimate of drug-likeness (QED) is 0.170. The fourth-order valence-electron chi connectivity index (χ4n) is 6.96. The molecule has 8 rings (SSSR count). The van der Waals surface area contributed by atoms with Crippen LogP contribution in [0.1, 0.15) is 11.1 Å². The number of fused-ring (bicyclic) bond motifs is 6. The van der Waals surface area contributed by atoms with Gasteiger partial charge in [-0.1, -0.05) is 12.1 Å². The molecule has 0 atom stereocenters. The number of ether oxygens (including phenoxy) is 4. The molecular formula is C42H30N4O4. The second kappa shape index (κ2) is 12.0. The van der Waals surface area contributed by atoms with E-state index < -0.39 is 0 Å². The van der Waals surface area contributed by atoms with Gasteiger partial charge in [-0.15, -0.1) is 0 Å². The smallest absolute Gasteiger partial charge is 0.120 e. The van der Waals surface area contributed by atoms with Gasteiger partial charge >= 0.3 is 0 Å². The lowest BCUT2D eigenvalue weighted by atomic mass is 9.99. The van der Waals surface area contributed by atoms with Crippen LogP contribution >= 0.6 is 0 Å². The number of aromatic nitrogens is 2. The van der Waals surface area contributed by atoms with Crippen LogP contribution in [-0.2, 0) is 0 Å². The Bertz CT molecular complexity index is 2430. The number of methoxy groups -OCH3 is 4. The summed E-state index contributed by atoms with van der Waals surface area (Å²) in [5.41, 5.74) is 7.78. The molecule has 0 saturated carbocycles. The summed E-state index contributed by atoms with van der Waals surface area (Å²) < 4.78 is 26.6. The van der Waals surface area contributed by atoms with Crippen molar-refractivity contribution in [1.82, 2.24) is 9.13 Å². The Hall–Kier alpha value is -6.90.